The molecule has 0 bridgehead atoms. The number of aromatic amines is 1. The number of fused-ring (bicyclic) bond motifs is 1. The Labute approximate surface area is 147 Å². The molecule has 0 aliphatic carbocycles. The number of nitrogens with zero attached hydrogens (tertiary/aromatic N) is 3. The molecule has 2 aliphatic rings. The minimum Gasteiger partial charge on any atom is -0.480 e. The molecule has 7 nitrogen and oxygen atoms in total. The lowest BCUT2D eigenvalue weighted by Gasteiger charge is -2.29. The Morgan fingerprint density at radius 2 is 1.96 bits per heavy atom. The smallest absolute Gasteiger partial charge is 0.317 e. The van der Waals surface area contributed by atoms with Crippen molar-refractivity contribution in [3.63, 3.8) is 0 Å². The second-order valence-electron chi connectivity index (χ2n) is 7.00. The number of benzene rings is 1. The third-order valence-electron chi connectivity index (χ3n) is 5.30. The highest BCUT2D eigenvalue weighted by Crippen LogP contribution is 2.29. The van der Waals surface area contributed by atoms with Crippen molar-refractivity contribution >= 4 is 22.7 Å². The third kappa shape index (κ3) is 3.62. The van der Waals surface area contributed by atoms with Crippen LogP contribution in [0.3, 0.4) is 0 Å². The number of H-pyrrole nitrogens is 1. The van der Waals surface area contributed by atoms with Gasteiger partial charge in [0.1, 0.15) is 5.82 Å². The number of rotatable bonds is 4. The van der Waals surface area contributed by atoms with E-state index in [9.17, 15) is 4.79 Å². The molecule has 0 unspecified atom stereocenters. The van der Waals surface area contributed by atoms with Gasteiger partial charge in [0.15, 0.2) is 0 Å². The number of likely N-dealkylation sites (tertiary alicyclic amines) is 1. The van der Waals surface area contributed by atoms with Gasteiger partial charge in [0.2, 0.25) is 0 Å². The molecule has 0 radical (unpaired) electrons. The first kappa shape index (κ1) is 16.4. The average Bonchev–Trinajstić information content (AvgIpc) is 3.06. The molecule has 0 saturated carbocycles. The summed E-state index contributed by atoms with van der Waals surface area (Å²) in [5, 5.41) is 12.3. The molecule has 4 rings (SSSR count). The van der Waals surface area contributed by atoms with Crippen LogP contribution in [0.1, 0.15) is 24.6 Å². The van der Waals surface area contributed by atoms with E-state index in [-0.39, 0.29) is 6.54 Å². The van der Waals surface area contributed by atoms with Gasteiger partial charge in [-0.05, 0) is 44.1 Å². The number of anilines is 1. The summed E-state index contributed by atoms with van der Waals surface area (Å²) in [6, 6.07) is 6.48. The summed E-state index contributed by atoms with van der Waals surface area (Å²) in [6.45, 7) is 5.90. The zero-order valence-electron chi connectivity index (χ0n) is 14.4. The number of carboxylic acid groups (broad SMARTS) is 1. The van der Waals surface area contributed by atoms with Gasteiger partial charge in [-0.1, -0.05) is 0 Å². The molecule has 0 atom stereocenters. The summed E-state index contributed by atoms with van der Waals surface area (Å²) in [5.74, 6) is 0.685. The van der Waals surface area contributed by atoms with E-state index in [0.29, 0.717) is 5.92 Å². The van der Waals surface area contributed by atoms with Crippen LogP contribution in [0.25, 0.3) is 11.0 Å². The van der Waals surface area contributed by atoms with Crippen LogP contribution >= 0.6 is 0 Å². The van der Waals surface area contributed by atoms with Crippen molar-refractivity contribution in [1.82, 2.24) is 20.2 Å². The monoisotopic (exact) mass is 343 g/mol. The number of hydrogen-bond acceptors (Lipinski definition) is 5. The maximum Gasteiger partial charge on any atom is 0.317 e. The van der Waals surface area contributed by atoms with Crippen LogP contribution < -0.4 is 10.2 Å². The summed E-state index contributed by atoms with van der Waals surface area (Å²) in [7, 11) is 0. The van der Waals surface area contributed by atoms with Crippen molar-refractivity contribution in [1.29, 1.82) is 0 Å². The summed E-state index contributed by atoms with van der Waals surface area (Å²) >= 11 is 0. The van der Waals surface area contributed by atoms with Gasteiger partial charge in [-0.25, -0.2) is 4.98 Å². The standard InChI is InChI=1S/C18H25N5O2/c24-17(25)12-22-7-3-13(4-8-22)18-20-15-2-1-14(11-16(15)21-18)23-9-5-19-6-10-23/h1-2,11,13,19H,3-10,12H2,(H,20,21)(H,24,25). The SMILES string of the molecule is O=C(O)CN1CCC(c2nc3cc(N4CCNCC4)ccc3[nH]2)CC1. The minimum absolute atomic E-state index is 0.140. The molecule has 7 heteroatoms. The number of imidazole rings is 1. The molecular weight excluding hydrogens is 318 g/mol. The van der Waals surface area contributed by atoms with Crippen molar-refractivity contribution in [2.24, 2.45) is 0 Å². The first-order chi connectivity index (χ1) is 12.2. The van der Waals surface area contributed by atoms with Crippen molar-refractivity contribution < 1.29 is 9.90 Å². The van der Waals surface area contributed by atoms with Crippen LogP contribution in [0, 0.1) is 0 Å². The van der Waals surface area contributed by atoms with Gasteiger partial charge in [-0.15, -0.1) is 0 Å². The molecule has 2 fully saturated rings. The van der Waals surface area contributed by atoms with Gasteiger partial charge in [-0.2, -0.15) is 0 Å². The number of carboxylic acids is 1. The predicted molar refractivity (Wildman–Crippen MR) is 97.2 cm³/mol. The number of piperazine rings is 1. The first-order valence-electron chi connectivity index (χ1n) is 9.08. The molecular formula is C18H25N5O2. The van der Waals surface area contributed by atoms with Gasteiger partial charge in [0, 0.05) is 37.8 Å². The number of hydrogen-bond donors (Lipinski definition) is 3. The highest BCUT2D eigenvalue weighted by molar-refractivity contribution is 5.79. The predicted octanol–water partition coefficient (Wildman–Crippen LogP) is 1.24. The second kappa shape index (κ2) is 7.01. The van der Waals surface area contributed by atoms with Crippen LogP contribution in [0.15, 0.2) is 18.2 Å². The van der Waals surface area contributed by atoms with E-state index in [1.807, 2.05) is 4.90 Å². The van der Waals surface area contributed by atoms with E-state index in [4.69, 9.17) is 10.1 Å². The van der Waals surface area contributed by atoms with Gasteiger partial charge in [0.25, 0.3) is 0 Å². The lowest BCUT2D eigenvalue weighted by Crippen LogP contribution is -2.43. The number of aliphatic carboxylic acids is 1. The summed E-state index contributed by atoms with van der Waals surface area (Å²) < 4.78 is 0. The number of piperidine rings is 1. The first-order valence-corrected chi connectivity index (χ1v) is 9.08. The Morgan fingerprint density at radius 3 is 2.68 bits per heavy atom. The summed E-state index contributed by atoms with van der Waals surface area (Å²) in [4.78, 5) is 23.6. The van der Waals surface area contributed by atoms with E-state index >= 15 is 0 Å². The van der Waals surface area contributed by atoms with Gasteiger partial charge >= 0.3 is 5.97 Å². The molecule has 1 aromatic heterocycles. The van der Waals surface area contributed by atoms with Crippen LogP contribution in [0.4, 0.5) is 5.69 Å². The average molecular weight is 343 g/mol. The van der Waals surface area contributed by atoms with Crippen LogP contribution in [0.2, 0.25) is 0 Å². The molecule has 134 valence electrons. The molecule has 2 aromatic rings. The van der Waals surface area contributed by atoms with Crippen molar-refractivity contribution in [3.8, 4) is 0 Å². The topological polar surface area (TPSA) is 84.5 Å². The van der Waals surface area contributed by atoms with Crippen molar-refractivity contribution in [2.45, 2.75) is 18.8 Å². The lowest BCUT2D eigenvalue weighted by molar-refractivity contribution is -0.138. The fourth-order valence-corrected chi connectivity index (χ4v) is 3.88. The fourth-order valence-electron chi connectivity index (χ4n) is 3.88. The highest BCUT2D eigenvalue weighted by Gasteiger charge is 2.24. The number of aromatic nitrogens is 2. The third-order valence-corrected chi connectivity index (χ3v) is 5.30. The summed E-state index contributed by atoms with van der Waals surface area (Å²) in [6.07, 6.45) is 1.91. The largest absolute Gasteiger partial charge is 0.480 e. The van der Waals surface area contributed by atoms with E-state index < -0.39 is 5.97 Å². The molecule has 25 heavy (non-hydrogen) atoms. The molecule has 2 saturated heterocycles. The van der Waals surface area contributed by atoms with Crippen molar-refractivity contribution in [3.05, 3.63) is 24.0 Å². The number of nitrogens with one attached hydrogen (secondary N) is 2. The number of carbonyl (C=O) groups is 1. The molecule has 0 amide bonds. The Kier molecular flexibility index (Phi) is 4.59. The molecule has 3 heterocycles. The zero-order valence-corrected chi connectivity index (χ0v) is 14.4. The van der Waals surface area contributed by atoms with Crippen LogP contribution in [-0.2, 0) is 4.79 Å². The quantitative estimate of drug-likeness (QED) is 0.774. The van der Waals surface area contributed by atoms with Gasteiger partial charge in [-0.3, -0.25) is 9.69 Å². The molecule has 1 aromatic carbocycles. The maximum atomic E-state index is 10.8. The Morgan fingerprint density at radius 1 is 1.20 bits per heavy atom. The Bertz CT molecular complexity index is 745. The van der Waals surface area contributed by atoms with Gasteiger partial charge in [0.05, 0.1) is 17.6 Å². The van der Waals surface area contributed by atoms with E-state index in [0.717, 1.165) is 69.0 Å². The van der Waals surface area contributed by atoms with E-state index in [1.54, 1.807) is 0 Å². The molecule has 2 aliphatic heterocycles. The second-order valence-corrected chi connectivity index (χ2v) is 7.00. The Hall–Kier alpha value is -2.12. The molecule has 3 N–H and O–H groups in total. The maximum absolute atomic E-state index is 10.8. The lowest BCUT2D eigenvalue weighted by atomic mass is 9.96. The Balaban J connectivity index is 1.47. The minimum atomic E-state index is -0.748. The fraction of sp³-hybridized carbons (Fsp3) is 0.556. The van der Waals surface area contributed by atoms with Crippen LogP contribution in [-0.4, -0.2) is 71.8 Å². The van der Waals surface area contributed by atoms with E-state index in [2.05, 4.69) is 33.4 Å². The normalized spacial score (nSPS) is 20.2. The molecule has 0 spiro atoms. The van der Waals surface area contributed by atoms with Crippen molar-refractivity contribution in [2.75, 3.05) is 50.7 Å². The van der Waals surface area contributed by atoms with E-state index in [1.165, 1.54) is 5.69 Å². The zero-order chi connectivity index (χ0) is 17.2. The summed E-state index contributed by atoms with van der Waals surface area (Å²) in [5.41, 5.74) is 3.35. The van der Waals surface area contributed by atoms with Gasteiger partial charge < -0.3 is 20.3 Å². The van der Waals surface area contributed by atoms with Crippen LogP contribution in [0.5, 0.6) is 0 Å². The highest BCUT2D eigenvalue weighted by atomic mass is 16.4.